The molecule has 0 aliphatic rings. The fraction of sp³-hybridized carbons (Fsp3) is 0.471. The van der Waals surface area contributed by atoms with Crippen molar-refractivity contribution in [3.63, 3.8) is 0 Å². The maximum Gasteiger partial charge on any atom is 0.415 e. The first-order valence-corrected chi connectivity index (χ1v) is 15.5. The van der Waals surface area contributed by atoms with Crippen LogP contribution in [0.2, 0.25) is 0 Å². The van der Waals surface area contributed by atoms with Crippen LogP contribution in [0.15, 0.2) is 60.8 Å². The molecule has 10 heteroatoms. The number of hydrogen-bond donors (Lipinski definition) is 1. The zero-order valence-electron chi connectivity index (χ0n) is 27.1. The Morgan fingerprint density at radius 2 is 1.73 bits per heavy atom. The Kier molecular flexibility index (Phi) is 13.9. The van der Waals surface area contributed by atoms with Crippen molar-refractivity contribution in [1.82, 2.24) is 19.8 Å². The summed E-state index contributed by atoms with van der Waals surface area (Å²) in [6.45, 7) is 12.6. The minimum absolute atomic E-state index is 0.0298. The molecule has 0 aliphatic heterocycles. The van der Waals surface area contributed by atoms with E-state index >= 15 is 0 Å². The van der Waals surface area contributed by atoms with Gasteiger partial charge in [0.2, 0.25) is 5.95 Å². The Morgan fingerprint density at radius 1 is 0.977 bits per heavy atom. The number of amides is 2. The van der Waals surface area contributed by atoms with E-state index in [1.54, 1.807) is 36.4 Å². The molecule has 0 spiro atoms. The molecule has 0 saturated heterocycles. The molecule has 3 rings (SSSR count). The van der Waals surface area contributed by atoms with Gasteiger partial charge in [-0.3, -0.25) is 9.69 Å². The first-order chi connectivity index (χ1) is 21.2. The van der Waals surface area contributed by atoms with Gasteiger partial charge in [0, 0.05) is 37.6 Å². The first kappa shape index (κ1) is 34.3. The van der Waals surface area contributed by atoms with Crippen molar-refractivity contribution < 1.29 is 19.1 Å². The van der Waals surface area contributed by atoms with E-state index in [0.29, 0.717) is 42.1 Å². The SMILES string of the molecule is CCN(CC)CCN(C)C(=O)c1ccc(Nc2nccc(N(Cc3cccc(OC)c3)C(=O)OCCCCC(C)C)n2)cc1. The van der Waals surface area contributed by atoms with Crippen LogP contribution < -0.4 is 15.0 Å². The first-order valence-electron chi connectivity index (χ1n) is 15.5. The summed E-state index contributed by atoms with van der Waals surface area (Å²) in [6, 6.07) is 16.4. The number of likely N-dealkylation sites (N-methyl/N-ethyl adjacent to an activating group) is 2. The lowest BCUT2D eigenvalue weighted by Crippen LogP contribution is -2.36. The predicted octanol–water partition coefficient (Wildman–Crippen LogP) is 6.61. The summed E-state index contributed by atoms with van der Waals surface area (Å²) in [6.07, 6.45) is 4.02. The van der Waals surface area contributed by atoms with Crippen LogP contribution in [-0.4, -0.2) is 78.7 Å². The van der Waals surface area contributed by atoms with Crippen LogP contribution >= 0.6 is 0 Å². The third-order valence-corrected chi connectivity index (χ3v) is 7.39. The van der Waals surface area contributed by atoms with Gasteiger partial charge in [-0.1, -0.05) is 46.2 Å². The Hall–Kier alpha value is -4.18. The highest BCUT2D eigenvalue weighted by atomic mass is 16.6. The van der Waals surface area contributed by atoms with E-state index in [-0.39, 0.29) is 12.5 Å². The van der Waals surface area contributed by atoms with Gasteiger partial charge in [0.25, 0.3) is 5.91 Å². The van der Waals surface area contributed by atoms with Crippen LogP contribution in [0, 0.1) is 5.92 Å². The van der Waals surface area contributed by atoms with E-state index in [9.17, 15) is 9.59 Å². The highest BCUT2D eigenvalue weighted by Crippen LogP contribution is 2.22. The van der Waals surface area contributed by atoms with Crippen LogP contribution in [0.5, 0.6) is 5.75 Å². The van der Waals surface area contributed by atoms with Crippen molar-refractivity contribution in [3.8, 4) is 5.75 Å². The van der Waals surface area contributed by atoms with Gasteiger partial charge in [-0.2, -0.15) is 4.98 Å². The molecule has 2 aromatic carbocycles. The molecule has 10 nitrogen and oxygen atoms in total. The minimum Gasteiger partial charge on any atom is -0.497 e. The monoisotopic (exact) mass is 604 g/mol. The van der Waals surface area contributed by atoms with Gasteiger partial charge < -0.3 is 24.6 Å². The van der Waals surface area contributed by atoms with Gasteiger partial charge >= 0.3 is 6.09 Å². The summed E-state index contributed by atoms with van der Waals surface area (Å²) < 4.78 is 11.0. The minimum atomic E-state index is -0.477. The standard InChI is InChI=1S/C34H48N6O4/c1-7-39(8-2)22-21-38(5)32(41)28-15-17-29(18-16-28)36-33-35-20-19-31(37-33)40(25-27-13-11-14-30(24-27)43-6)34(42)44-23-10-9-12-26(3)4/h11,13-20,24,26H,7-10,12,21-23,25H2,1-6H3,(H,35,36,37). The number of anilines is 3. The predicted molar refractivity (Wildman–Crippen MR) is 176 cm³/mol. The molecular weight excluding hydrogens is 556 g/mol. The summed E-state index contributed by atoms with van der Waals surface area (Å²) in [5, 5.41) is 3.19. The van der Waals surface area contributed by atoms with Crippen LogP contribution in [0.25, 0.3) is 0 Å². The van der Waals surface area contributed by atoms with E-state index in [1.165, 1.54) is 4.90 Å². The number of methoxy groups -OCH3 is 1. The van der Waals surface area contributed by atoms with Crippen molar-refractivity contribution >= 4 is 29.5 Å². The van der Waals surface area contributed by atoms with Gasteiger partial charge in [0.15, 0.2) is 0 Å². The molecule has 0 atom stereocenters. The third kappa shape index (κ3) is 10.8. The highest BCUT2D eigenvalue weighted by molar-refractivity contribution is 5.94. The zero-order valence-corrected chi connectivity index (χ0v) is 27.1. The van der Waals surface area contributed by atoms with Crippen LogP contribution in [0.3, 0.4) is 0 Å². The quantitative estimate of drug-likeness (QED) is 0.172. The second-order valence-electron chi connectivity index (χ2n) is 11.1. The Bertz CT molecular complexity index is 1310. The average Bonchev–Trinajstić information content (AvgIpc) is 3.03. The van der Waals surface area contributed by atoms with Crippen LogP contribution in [-0.2, 0) is 11.3 Å². The molecule has 1 aromatic heterocycles. The number of carbonyl (C=O) groups is 2. The average molecular weight is 605 g/mol. The van der Waals surface area contributed by atoms with Crippen molar-refractivity contribution in [2.45, 2.75) is 53.5 Å². The van der Waals surface area contributed by atoms with Gasteiger partial charge in [-0.15, -0.1) is 0 Å². The molecule has 2 amide bonds. The van der Waals surface area contributed by atoms with Crippen LogP contribution in [0.1, 0.15) is 62.9 Å². The molecule has 0 radical (unpaired) electrons. The lowest BCUT2D eigenvalue weighted by atomic mass is 10.1. The second kappa shape index (κ2) is 17.8. The summed E-state index contributed by atoms with van der Waals surface area (Å²) in [5.41, 5.74) is 2.20. The number of nitrogens with one attached hydrogen (secondary N) is 1. The normalized spacial score (nSPS) is 11.0. The molecular formula is C34H48N6O4. The smallest absolute Gasteiger partial charge is 0.415 e. The number of ether oxygens (including phenoxy) is 2. The summed E-state index contributed by atoms with van der Waals surface area (Å²) in [7, 11) is 3.43. The van der Waals surface area contributed by atoms with E-state index < -0.39 is 6.09 Å². The summed E-state index contributed by atoms with van der Waals surface area (Å²) in [4.78, 5) is 40.7. The number of nitrogens with zero attached hydrogens (tertiary/aromatic N) is 5. The fourth-order valence-corrected chi connectivity index (χ4v) is 4.62. The summed E-state index contributed by atoms with van der Waals surface area (Å²) in [5.74, 6) is 2.00. The van der Waals surface area contributed by atoms with Gasteiger partial charge in [-0.25, -0.2) is 9.78 Å². The molecule has 238 valence electrons. The second-order valence-corrected chi connectivity index (χ2v) is 11.1. The zero-order chi connectivity index (χ0) is 31.9. The summed E-state index contributed by atoms with van der Waals surface area (Å²) >= 11 is 0. The van der Waals surface area contributed by atoms with Crippen LogP contribution in [0.4, 0.5) is 22.2 Å². The molecule has 0 unspecified atom stereocenters. The largest absolute Gasteiger partial charge is 0.497 e. The number of aromatic nitrogens is 2. The molecule has 0 bridgehead atoms. The third-order valence-electron chi connectivity index (χ3n) is 7.39. The number of benzene rings is 2. The van der Waals surface area contributed by atoms with E-state index in [0.717, 1.165) is 50.1 Å². The fourth-order valence-electron chi connectivity index (χ4n) is 4.62. The maximum absolute atomic E-state index is 13.3. The van der Waals surface area contributed by atoms with E-state index in [4.69, 9.17) is 9.47 Å². The van der Waals surface area contributed by atoms with E-state index in [1.807, 2.05) is 43.4 Å². The van der Waals surface area contributed by atoms with Crippen molar-refractivity contribution in [3.05, 3.63) is 71.9 Å². The van der Waals surface area contributed by atoms with Gasteiger partial charge in [0.05, 0.1) is 20.3 Å². The van der Waals surface area contributed by atoms with Gasteiger partial charge in [0.1, 0.15) is 11.6 Å². The Morgan fingerprint density at radius 3 is 2.41 bits per heavy atom. The number of hydrogen-bond acceptors (Lipinski definition) is 8. The molecule has 44 heavy (non-hydrogen) atoms. The van der Waals surface area contributed by atoms with Crippen molar-refractivity contribution in [2.75, 3.05) is 57.2 Å². The topological polar surface area (TPSA) is 100 Å². The lowest BCUT2D eigenvalue weighted by Gasteiger charge is -2.23. The lowest BCUT2D eigenvalue weighted by molar-refractivity contribution is 0.0779. The Labute approximate surface area is 262 Å². The number of unbranched alkanes of at least 4 members (excludes halogenated alkanes) is 1. The molecule has 0 saturated carbocycles. The molecule has 3 aromatic rings. The molecule has 0 aliphatic carbocycles. The van der Waals surface area contributed by atoms with Crippen molar-refractivity contribution in [1.29, 1.82) is 0 Å². The highest BCUT2D eigenvalue weighted by Gasteiger charge is 2.21. The molecule has 1 N–H and O–H groups in total. The molecule has 0 fully saturated rings. The van der Waals surface area contributed by atoms with Gasteiger partial charge in [-0.05, 0) is 79.9 Å². The molecule has 1 heterocycles. The number of rotatable bonds is 17. The van der Waals surface area contributed by atoms with E-state index in [2.05, 4.69) is 47.9 Å². The Balaban J connectivity index is 1.71. The van der Waals surface area contributed by atoms with Crippen molar-refractivity contribution in [2.24, 2.45) is 5.92 Å². The maximum atomic E-state index is 13.3. The number of carbonyl (C=O) groups excluding carboxylic acids is 2.